The van der Waals surface area contributed by atoms with E-state index in [9.17, 15) is 4.79 Å². The van der Waals surface area contributed by atoms with Gasteiger partial charge in [0.05, 0.1) is 5.92 Å². The first-order valence-electron chi connectivity index (χ1n) is 7.29. The standard InChI is InChI=1S/C17H15N3O2/c1-9(2)15-11-7-13-14(8-12(11)19-16(15)21)22-17(20-13)10-3-5-18-6-4-10/h3-9,15H,1-2H3,(H,19,21). The van der Waals surface area contributed by atoms with Crippen LogP contribution in [0.1, 0.15) is 25.3 Å². The summed E-state index contributed by atoms with van der Waals surface area (Å²) in [5.74, 6) is 0.728. The fourth-order valence-electron chi connectivity index (χ4n) is 2.99. The fourth-order valence-corrected chi connectivity index (χ4v) is 2.99. The number of nitrogens with zero attached hydrogens (tertiary/aromatic N) is 2. The van der Waals surface area contributed by atoms with Crippen LogP contribution in [0.2, 0.25) is 0 Å². The van der Waals surface area contributed by atoms with Crippen LogP contribution in [0.4, 0.5) is 5.69 Å². The summed E-state index contributed by atoms with van der Waals surface area (Å²) >= 11 is 0. The Labute approximate surface area is 127 Å². The van der Waals surface area contributed by atoms with Crippen molar-refractivity contribution in [1.29, 1.82) is 0 Å². The molecule has 22 heavy (non-hydrogen) atoms. The lowest BCUT2D eigenvalue weighted by Crippen LogP contribution is -2.16. The van der Waals surface area contributed by atoms with Crippen LogP contribution < -0.4 is 5.32 Å². The van der Waals surface area contributed by atoms with E-state index in [4.69, 9.17) is 4.42 Å². The number of carbonyl (C=O) groups is 1. The molecule has 1 aliphatic rings. The number of oxazole rings is 1. The Morgan fingerprint density at radius 3 is 2.73 bits per heavy atom. The summed E-state index contributed by atoms with van der Waals surface area (Å²) in [6.07, 6.45) is 3.42. The molecule has 110 valence electrons. The number of anilines is 1. The van der Waals surface area contributed by atoms with E-state index in [-0.39, 0.29) is 17.7 Å². The van der Waals surface area contributed by atoms with Crippen molar-refractivity contribution in [2.75, 3.05) is 5.32 Å². The van der Waals surface area contributed by atoms with Crippen molar-refractivity contribution in [3.05, 3.63) is 42.2 Å². The molecule has 5 nitrogen and oxygen atoms in total. The second kappa shape index (κ2) is 4.66. The zero-order valence-corrected chi connectivity index (χ0v) is 12.3. The van der Waals surface area contributed by atoms with Crippen LogP contribution in [0.5, 0.6) is 0 Å². The molecule has 1 N–H and O–H groups in total. The first-order chi connectivity index (χ1) is 10.6. The van der Waals surface area contributed by atoms with Crippen LogP contribution in [-0.2, 0) is 4.79 Å². The highest BCUT2D eigenvalue weighted by molar-refractivity contribution is 6.05. The van der Waals surface area contributed by atoms with Gasteiger partial charge in [-0.2, -0.15) is 0 Å². The molecule has 1 aliphatic heterocycles. The van der Waals surface area contributed by atoms with Gasteiger partial charge in [-0.05, 0) is 29.7 Å². The SMILES string of the molecule is CC(C)C1C(=O)Nc2cc3oc(-c4ccncc4)nc3cc21. The highest BCUT2D eigenvalue weighted by atomic mass is 16.3. The molecular weight excluding hydrogens is 278 g/mol. The lowest BCUT2D eigenvalue weighted by molar-refractivity contribution is -0.117. The quantitative estimate of drug-likeness (QED) is 0.784. The van der Waals surface area contributed by atoms with Crippen LogP contribution in [0.25, 0.3) is 22.6 Å². The Balaban J connectivity index is 1.85. The van der Waals surface area contributed by atoms with Gasteiger partial charge in [-0.25, -0.2) is 4.98 Å². The molecule has 0 radical (unpaired) electrons. The minimum absolute atomic E-state index is 0.0482. The number of hydrogen-bond acceptors (Lipinski definition) is 4. The van der Waals surface area contributed by atoms with E-state index in [1.807, 2.05) is 24.3 Å². The van der Waals surface area contributed by atoms with Crippen molar-refractivity contribution >= 4 is 22.7 Å². The number of benzene rings is 1. The third kappa shape index (κ3) is 1.89. The lowest BCUT2D eigenvalue weighted by Gasteiger charge is -2.11. The Bertz CT molecular complexity index is 868. The van der Waals surface area contributed by atoms with Crippen molar-refractivity contribution in [3.63, 3.8) is 0 Å². The van der Waals surface area contributed by atoms with Crippen molar-refractivity contribution in [2.24, 2.45) is 5.92 Å². The van der Waals surface area contributed by atoms with E-state index in [2.05, 4.69) is 29.1 Å². The smallest absolute Gasteiger partial charge is 0.232 e. The third-order valence-electron chi connectivity index (χ3n) is 4.03. The molecule has 0 aliphatic carbocycles. The van der Waals surface area contributed by atoms with Gasteiger partial charge in [0.2, 0.25) is 11.8 Å². The van der Waals surface area contributed by atoms with Gasteiger partial charge in [-0.15, -0.1) is 0 Å². The lowest BCUT2D eigenvalue weighted by atomic mass is 9.89. The molecule has 4 rings (SSSR count). The van der Waals surface area contributed by atoms with Gasteiger partial charge in [0.25, 0.3) is 0 Å². The number of fused-ring (bicyclic) bond motifs is 2. The molecule has 0 spiro atoms. The number of amides is 1. The zero-order valence-electron chi connectivity index (χ0n) is 12.3. The summed E-state index contributed by atoms with van der Waals surface area (Å²) in [4.78, 5) is 20.6. The van der Waals surface area contributed by atoms with Gasteiger partial charge < -0.3 is 9.73 Å². The van der Waals surface area contributed by atoms with E-state index >= 15 is 0 Å². The minimum Gasteiger partial charge on any atom is -0.436 e. The Hall–Kier alpha value is -2.69. The van der Waals surface area contributed by atoms with Crippen LogP contribution in [0, 0.1) is 5.92 Å². The van der Waals surface area contributed by atoms with E-state index in [0.29, 0.717) is 11.5 Å². The van der Waals surface area contributed by atoms with E-state index < -0.39 is 0 Å². The summed E-state index contributed by atoms with van der Waals surface area (Å²) in [6, 6.07) is 7.54. The summed E-state index contributed by atoms with van der Waals surface area (Å²) < 4.78 is 5.82. The number of hydrogen-bond donors (Lipinski definition) is 1. The molecule has 1 unspecified atom stereocenters. The largest absolute Gasteiger partial charge is 0.436 e. The highest BCUT2D eigenvalue weighted by Crippen LogP contribution is 2.40. The molecule has 1 aromatic carbocycles. The average Bonchev–Trinajstić information content (AvgIpc) is 3.04. The predicted molar refractivity (Wildman–Crippen MR) is 83.4 cm³/mol. The monoisotopic (exact) mass is 293 g/mol. The normalized spacial score (nSPS) is 17.0. The maximum atomic E-state index is 12.1. The number of nitrogens with one attached hydrogen (secondary N) is 1. The molecule has 0 fully saturated rings. The van der Waals surface area contributed by atoms with Crippen molar-refractivity contribution in [2.45, 2.75) is 19.8 Å². The van der Waals surface area contributed by atoms with Crippen molar-refractivity contribution in [3.8, 4) is 11.5 Å². The molecule has 1 amide bonds. The van der Waals surface area contributed by atoms with E-state index in [1.165, 1.54) is 0 Å². The topological polar surface area (TPSA) is 68.0 Å². The van der Waals surface area contributed by atoms with Gasteiger partial charge in [0.15, 0.2) is 5.58 Å². The van der Waals surface area contributed by atoms with Gasteiger partial charge in [-0.1, -0.05) is 13.8 Å². The van der Waals surface area contributed by atoms with Gasteiger partial charge in [-0.3, -0.25) is 9.78 Å². The van der Waals surface area contributed by atoms with Crippen LogP contribution in [0.3, 0.4) is 0 Å². The summed E-state index contributed by atoms with van der Waals surface area (Å²) in [5.41, 5.74) is 4.16. The maximum absolute atomic E-state index is 12.1. The molecule has 0 saturated carbocycles. The molecular formula is C17H15N3O2. The predicted octanol–water partition coefficient (Wildman–Crippen LogP) is 3.58. The maximum Gasteiger partial charge on any atom is 0.232 e. The number of carbonyl (C=O) groups excluding carboxylic acids is 1. The summed E-state index contributed by atoms with van der Waals surface area (Å²) in [5, 5.41) is 2.93. The Morgan fingerprint density at radius 1 is 1.23 bits per heavy atom. The second-order valence-electron chi connectivity index (χ2n) is 5.87. The molecule has 3 aromatic rings. The summed E-state index contributed by atoms with van der Waals surface area (Å²) in [7, 11) is 0. The van der Waals surface area contributed by atoms with Crippen LogP contribution in [-0.4, -0.2) is 15.9 Å². The van der Waals surface area contributed by atoms with Gasteiger partial charge in [0, 0.05) is 29.7 Å². The molecule has 0 bridgehead atoms. The minimum atomic E-state index is -0.125. The summed E-state index contributed by atoms with van der Waals surface area (Å²) in [6.45, 7) is 4.10. The number of aromatic nitrogens is 2. The molecule has 0 saturated heterocycles. The Morgan fingerprint density at radius 2 is 2.00 bits per heavy atom. The highest BCUT2D eigenvalue weighted by Gasteiger charge is 2.33. The molecule has 3 heterocycles. The van der Waals surface area contributed by atoms with Gasteiger partial charge in [0.1, 0.15) is 5.52 Å². The number of pyridine rings is 1. The van der Waals surface area contributed by atoms with E-state index in [0.717, 1.165) is 22.3 Å². The third-order valence-corrected chi connectivity index (χ3v) is 4.03. The van der Waals surface area contributed by atoms with Gasteiger partial charge >= 0.3 is 0 Å². The van der Waals surface area contributed by atoms with E-state index in [1.54, 1.807) is 12.4 Å². The molecule has 5 heteroatoms. The second-order valence-corrected chi connectivity index (χ2v) is 5.87. The first kappa shape index (κ1) is 13.0. The number of rotatable bonds is 2. The molecule has 2 aromatic heterocycles. The average molecular weight is 293 g/mol. The molecule has 1 atom stereocenters. The zero-order chi connectivity index (χ0) is 15.3. The fraction of sp³-hybridized carbons (Fsp3) is 0.235. The first-order valence-corrected chi connectivity index (χ1v) is 7.29. The van der Waals surface area contributed by atoms with Crippen molar-refractivity contribution < 1.29 is 9.21 Å². The Kier molecular flexibility index (Phi) is 2.76. The van der Waals surface area contributed by atoms with Crippen LogP contribution >= 0.6 is 0 Å². The van der Waals surface area contributed by atoms with Crippen molar-refractivity contribution in [1.82, 2.24) is 9.97 Å². The van der Waals surface area contributed by atoms with Crippen LogP contribution in [0.15, 0.2) is 41.1 Å².